The number of aliphatic hydroxyl groups excluding tert-OH is 2. The first kappa shape index (κ1) is 14.6. The van der Waals surface area contributed by atoms with Crippen molar-refractivity contribution in [3.63, 3.8) is 0 Å². The van der Waals surface area contributed by atoms with E-state index in [0.29, 0.717) is 0 Å². The van der Waals surface area contributed by atoms with E-state index in [9.17, 15) is 23.4 Å². The third-order valence-corrected chi connectivity index (χ3v) is 2.79. The van der Waals surface area contributed by atoms with Gasteiger partial charge in [-0.15, -0.1) is 11.6 Å². The highest BCUT2D eigenvalue weighted by atomic mass is 35.5. The van der Waals surface area contributed by atoms with Crippen LogP contribution in [0, 0.1) is 0 Å². The van der Waals surface area contributed by atoms with E-state index >= 15 is 0 Å². The van der Waals surface area contributed by atoms with Crippen LogP contribution < -0.4 is 0 Å². The molecule has 0 aliphatic heterocycles. The van der Waals surface area contributed by atoms with Crippen LogP contribution in [0.3, 0.4) is 0 Å². The fraction of sp³-hybridized carbons (Fsp3) is 0.400. The fourth-order valence-electron chi connectivity index (χ4n) is 1.25. The zero-order chi connectivity index (χ0) is 13.2. The summed E-state index contributed by atoms with van der Waals surface area (Å²) in [6.45, 7) is 0. The van der Waals surface area contributed by atoms with E-state index in [4.69, 9.17) is 23.2 Å². The molecule has 0 bridgehead atoms. The summed E-state index contributed by atoms with van der Waals surface area (Å²) in [7, 11) is 0. The average molecular weight is 289 g/mol. The fourth-order valence-corrected chi connectivity index (χ4v) is 1.72. The number of benzene rings is 1. The Bertz CT molecular complexity index is 396. The van der Waals surface area contributed by atoms with Gasteiger partial charge in [0.1, 0.15) is 6.10 Å². The standard InChI is InChI=1S/C10H9Cl2F3O2/c11-4-8(16)9(17)5-1-2-6(7(12)3-5)10(13,14)15/h1-3,8-9,16-17H,4H2. The van der Waals surface area contributed by atoms with Gasteiger partial charge in [0.25, 0.3) is 0 Å². The Balaban J connectivity index is 3.05. The summed E-state index contributed by atoms with van der Waals surface area (Å²) in [5.74, 6) is -0.236. The van der Waals surface area contributed by atoms with Gasteiger partial charge < -0.3 is 10.2 Å². The first-order valence-corrected chi connectivity index (χ1v) is 5.47. The Morgan fingerprint density at radius 2 is 1.82 bits per heavy atom. The number of halogens is 5. The molecule has 0 heterocycles. The van der Waals surface area contributed by atoms with E-state index < -0.39 is 29.0 Å². The summed E-state index contributed by atoms with van der Waals surface area (Å²) >= 11 is 10.8. The summed E-state index contributed by atoms with van der Waals surface area (Å²) < 4.78 is 37.2. The zero-order valence-corrected chi connectivity index (χ0v) is 9.89. The van der Waals surface area contributed by atoms with Gasteiger partial charge in [0.05, 0.1) is 22.6 Å². The predicted octanol–water partition coefficient (Wildman–Crippen LogP) is 2.99. The van der Waals surface area contributed by atoms with Gasteiger partial charge in [0.2, 0.25) is 0 Å². The minimum absolute atomic E-state index is 0.0798. The number of hydrogen-bond donors (Lipinski definition) is 2. The summed E-state index contributed by atoms with van der Waals surface area (Å²) in [5.41, 5.74) is -0.911. The molecule has 0 saturated carbocycles. The Hall–Kier alpha value is -0.490. The molecule has 7 heteroatoms. The van der Waals surface area contributed by atoms with E-state index in [2.05, 4.69) is 0 Å². The minimum atomic E-state index is -4.55. The summed E-state index contributed by atoms with van der Waals surface area (Å²) in [6.07, 6.45) is -7.18. The Labute approximate surface area is 106 Å². The lowest BCUT2D eigenvalue weighted by atomic mass is 10.0. The van der Waals surface area contributed by atoms with Gasteiger partial charge in [-0.25, -0.2) is 0 Å². The highest BCUT2D eigenvalue weighted by molar-refractivity contribution is 6.31. The second-order valence-corrected chi connectivity index (χ2v) is 4.12. The maximum absolute atomic E-state index is 12.4. The lowest BCUT2D eigenvalue weighted by Crippen LogP contribution is -2.20. The lowest BCUT2D eigenvalue weighted by molar-refractivity contribution is -0.137. The van der Waals surface area contributed by atoms with Crippen LogP contribution >= 0.6 is 23.2 Å². The van der Waals surface area contributed by atoms with E-state index in [-0.39, 0.29) is 11.4 Å². The third kappa shape index (κ3) is 3.48. The van der Waals surface area contributed by atoms with Crippen molar-refractivity contribution in [3.8, 4) is 0 Å². The van der Waals surface area contributed by atoms with Crippen LogP contribution in [0.4, 0.5) is 13.2 Å². The molecular weight excluding hydrogens is 280 g/mol. The van der Waals surface area contributed by atoms with Crippen LogP contribution in [-0.2, 0) is 6.18 Å². The molecular formula is C10H9Cl2F3O2. The number of rotatable bonds is 3. The monoisotopic (exact) mass is 288 g/mol. The van der Waals surface area contributed by atoms with Gasteiger partial charge in [0.15, 0.2) is 0 Å². The molecule has 1 rings (SSSR count). The van der Waals surface area contributed by atoms with Crippen molar-refractivity contribution in [2.24, 2.45) is 0 Å². The Morgan fingerprint density at radius 3 is 2.24 bits per heavy atom. The molecule has 0 saturated heterocycles. The van der Waals surface area contributed by atoms with Crippen molar-refractivity contribution in [3.05, 3.63) is 34.3 Å². The molecule has 0 fully saturated rings. The maximum atomic E-state index is 12.4. The van der Waals surface area contributed by atoms with Crippen LogP contribution in [0.1, 0.15) is 17.2 Å². The summed E-state index contributed by atoms with van der Waals surface area (Å²) in [4.78, 5) is 0. The van der Waals surface area contributed by atoms with Gasteiger partial charge in [-0.05, 0) is 17.7 Å². The maximum Gasteiger partial charge on any atom is 0.417 e. The summed E-state index contributed by atoms with van der Waals surface area (Å²) in [5, 5.41) is 18.3. The predicted molar refractivity (Wildman–Crippen MR) is 58.1 cm³/mol. The molecule has 2 N–H and O–H groups in total. The van der Waals surface area contributed by atoms with Crippen LogP contribution in [0.2, 0.25) is 5.02 Å². The molecule has 1 aromatic rings. The molecule has 0 amide bonds. The highest BCUT2D eigenvalue weighted by Crippen LogP contribution is 2.36. The van der Waals surface area contributed by atoms with Gasteiger partial charge in [0, 0.05) is 0 Å². The van der Waals surface area contributed by atoms with E-state index in [1.807, 2.05) is 0 Å². The van der Waals surface area contributed by atoms with Crippen LogP contribution in [-0.4, -0.2) is 22.2 Å². The van der Waals surface area contributed by atoms with Crippen molar-refractivity contribution in [1.82, 2.24) is 0 Å². The van der Waals surface area contributed by atoms with Crippen molar-refractivity contribution in [1.29, 1.82) is 0 Å². The molecule has 1 aromatic carbocycles. The average Bonchev–Trinajstić information content (AvgIpc) is 2.25. The van der Waals surface area contributed by atoms with Crippen LogP contribution in [0.5, 0.6) is 0 Å². The van der Waals surface area contributed by atoms with Crippen molar-refractivity contribution in [2.75, 3.05) is 5.88 Å². The molecule has 2 unspecified atom stereocenters. The molecule has 2 nitrogen and oxygen atoms in total. The van der Waals surface area contributed by atoms with Gasteiger partial charge in [-0.3, -0.25) is 0 Å². The molecule has 0 radical (unpaired) electrons. The molecule has 96 valence electrons. The Kier molecular flexibility index (Phi) is 4.66. The smallest absolute Gasteiger partial charge is 0.389 e. The summed E-state index contributed by atoms with van der Waals surface area (Å²) in [6, 6.07) is 2.77. The lowest BCUT2D eigenvalue weighted by Gasteiger charge is -2.17. The van der Waals surface area contributed by atoms with E-state index in [1.165, 1.54) is 0 Å². The van der Waals surface area contributed by atoms with Crippen molar-refractivity contribution in [2.45, 2.75) is 18.4 Å². The first-order chi connectivity index (χ1) is 7.77. The SMILES string of the molecule is OC(CCl)C(O)c1ccc(C(F)(F)F)c(Cl)c1. The third-order valence-electron chi connectivity index (χ3n) is 2.16. The van der Waals surface area contributed by atoms with Crippen LogP contribution in [0.15, 0.2) is 18.2 Å². The quantitative estimate of drug-likeness (QED) is 0.840. The van der Waals surface area contributed by atoms with Crippen LogP contribution in [0.25, 0.3) is 0 Å². The second kappa shape index (κ2) is 5.44. The molecule has 0 aliphatic rings. The van der Waals surface area contributed by atoms with E-state index in [1.54, 1.807) is 0 Å². The topological polar surface area (TPSA) is 40.5 Å². The number of alkyl halides is 4. The number of aliphatic hydroxyl groups is 2. The largest absolute Gasteiger partial charge is 0.417 e. The normalized spacial score (nSPS) is 15.7. The van der Waals surface area contributed by atoms with Gasteiger partial charge in [-0.2, -0.15) is 13.2 Å². The molecule has 0 aromatic heterocycles. The minimum Gasteiger partial charge on any atom is -0.389 e. The van der Waals surface area contributed by atoms with Crippen molar-refractivity contribution < 1.29 is 23.4 Å². The molecule has 0 aliphatic carbocycles. The van der Waals surface area contributed by atoms with Gasteiger partial charge >= 0.3 is 6.18 Å². The second-order valence-electron chi connectivity index (χ2n) is 3.40. The van der Waals surface area contributed by atoms with E-state index in [0.717, 1.165) is 18.2 Å². The molecule has 17 heavy (non-hydrogen) atoms. The van der Waals surface area contributed by atoms with Crippen molar-refractivity contribution >= 4 is 23.2 Å². The number of hydrogen-bond acceptors (Lipinski definition) is 2. The first-order valence-electron chi connectivity index (χ1n) is 4.56. The Morgan fingerprint density at radius 1 is 1.24 bits per heavy atom. The molecule has 0 spiro atoms. The zero-order valence-electron chi connectivity index (χ0n) is 8.38. The highest BCUT2D eigenvalue weighted by Gasteiger charge is 2.33. The molecule has 2 atom stereocenters. The van der Waals surface area contributed by atoms with Gasteiger partial charge in [-0.1, -0.05) is 17.7 Å².